The van der Waals surface area contributed by atoms with Gasteiger partial charge in [-0.05, 0) is 50.7 Å². The fraction of sp³-hybridized carbons (Fsp3) is 0.438. The number of benzene rings is 1. The largest absolute Gasteiger partial charge is 0.317 e. The highest BCUT2D eigenvalue weighted by molar-refractivity contribution is 5.78. The minimum absolute atomic E-state index is 0.702. The van der Waals surface area contributed by atoms with E-state index in [1.54, 1.807) is 0 Å². The van der Waals surface area contributed by atoms with Crippen LogP contribution in [0.5, 0.6) is 0 Å². The first-order valence-electron chi connectivity index (χ1n) is 7.07. The Balaban J connectivity index is 1.73. The van der Waals surface area contributed by atoms with Crippen molar-refractivity contribution in [1.82, 2.24) is 15.2 Å². The summed E-state index contributed by atoms with van der Waals surface area (Å²) < 4.78 is 0. The highest BCUT2D eigenvalue weighted by Gasteiger charge is 2.17. The molecular weight excluding hydrogens is 234 g/mol. The molecule has 1 saturated heterocycles. The lowest BCUT2D eigenvalue weighted by Crippen LogP contribution is -2.40. The van der Waals surface area contributed by atoms with Crippen LogP contribution in [0.15, 0.2) is 36.5 Å². The third-order valence-electron chi connectivity index (χ3n) is 4.01. The first-order valence-corrected chi connectivity index (χ1v) is 7.07. The first kappa shape index (κ1) is 12.6. The number of fused-ring (bicyclic) bond motifs is 1. The summed E-state index contributed by atoms with van der Waals surface area (Å²) in [4.78, 5) is 7.01. The summed E-state index contributed by atoms with van der Waals surface area (Å²) in [5, 5.41) is 4.65. The number of nitrogens with one attached hydrogen (secondary N) is 1. The Hall–Kier alpha value is -1.45. The summed E-state index contributed by atoms with van der Waals surface area (Å²) in [5.41, 5.74) is 2.38. The Morgan fingerprint density at radius 3 is 2.89 bits per heavy atom. The molecule has 1 fully saturated rings. The molecule has 2 heterocycles. The van der Waals surface area contributed by atoms with Crippen LogP contribution in [0.2, 0.25) is 0 Å². The molecule has 3 nitrogen and oxygen atoms in total. The van der Waals surface area contributed by atoms with Gasteiger partial charge >= 0.3 is 0 Å². The molecule has 1 aromatic heterocycles. The fourth-order valence-electron chi connectivity index (χ4n) is 2.87. The molecule has 1 aromatic carbocycles. The molecule has 0 spiro atoms. The van der Waals surface area contributed by atoms with Crippen LogP contribution in [0.25, 0.3) is 10.9 Å². The summed E-state index contributed by atoms with van der Waals surface area (Å²) in [7, 11) is 2.23. The van der Waals surface area contributed by atoms with Crippen LogP contribution in [-0.4, -0.2) is 36.1 Å². The van der Waals surface area contributed by atoms with Crippen LogP contribution in [-0.2, 0) is 6.54 Å². The topological polar surface area (TPSA) is 28.2 Å². The normalized spacial score (nSPS) is 17.2. The highest BCUT2D eigenvalue weighted by atomic mass is 15.1. The molecule has 0 atom stereocenters. The number of rotatable bonds is 3. The molecule has 0 unspecified atom stereocenters. The maximum atomic E-state index is 4.54. The first-order chi connectivity index (χ1) is 9.33. The van der Waals surface area contributed by atoms with Crippen molar-refractivity contribution in [2.75, 3.05) is 20.1 Å². The van der Waals surface area contributed by atoms with Gasteiger partial charge in [0.1, 0.15) is 0 Å². The van der Waals surface area contributed by atoms with Crippen LogP contribution in [0, 0.1) is 0 Å². The van der Waals surface area contributed by atoms with Crippen molar-refractivity contribution >= 4 is 10.9 Å². The maximum Gasteiger partial charge on any atom is 0.0702 e. The number of pyridine rings is 1. The lowest BCUT2D eigenvalue weighted by atomic mass is 10.0. The van der Waals surface area contributed by atoms with Crippen LogP contribution in [0.1, 0.15) is 18.4 Å². The van der Waals surface area contributed by atoms with Gasteiger partial charge in [-0.25, -0.2) is 0 Å². The summed E-state index contributed by atoms with van der Waals surface area (Å²) in [5.74, 6) is 0. The minimum atomic E-state index is 0.702. The summed E-state index contributed by atoms with van der Waals surface area (Å²) in [6, 6.07) is 11.3. The molecule has 19 heavy (non-hydrogen) atoms. The van der Waals surface area contributed by atoms with E-state index in [2.05, 4.69) is 46.5 Å². The predicted molar refractivity (Wildman–Crippen MR) is 79.1 cm³/mol. The Morgan fingerprint density at radius 1 is 1.26 bits per heavy atom. The summed E-state index contributed by atoms with van der Waals surface area (Å²) in [6.45, 7) is 3.28. The van der Waals surface area contributed by atoms with E-state index in [1.807, 2.05) is 12.3 Å². The zero-order chi connectivity index (χ0) is 13.1. The number of hydrogen-bond acceptors (Lipinski definition) is 3. The molecule has 0 radical (unpaired) electrons. The van der Waals surface area contributed by atoms with Gasteiger partial charge in [0.2, 0.25) is 0 Å². The van der Waals surface area contributed by atoms with Crippen molar-refractivity contribution < 1.29 is 0 Å². The van der Waals surface area contributed by atoms with Crippen molar-refractivity contribution in [1.29, 1.82) is 0 Å². The highest BCUT2D eigenvalue weighted by Crippen LogP contribution is 2.16. The molecule has 3 rings (SSSR count). The van der Waals surface area contributed by atoms with E-state index in [-0.39, 0.29) is 0 Å². The molecule has 0 aliphatic carbocycles. The molecule has 2 aromatic rings. The third kappa shape index (κ3) is 2.94. The molecule has 1 N–H and O–H groups in total. The zero-order valence-corrected chi connectivity index (χ0v) is 11.5. The summed E-state index contributed by atoms with van der Waals surface area (Å²) >= 11 is 0. The minimum Gasteiger partial charge on any atom is -0.317 e. The van der Waals surface area contributed by atoms with Gasteiger partial charge in [-0.3, -0.25) is 9.88 Å². The predicted octanol–water partition coefficient (Wildman–Crippen LogP) is 2.42. The Bertz CT molecular complexity index is 546. The number of aromatic nitrogens is 1. The fourth-order valence-corrected chi connectivity index (χ4v) is 2.87. The van der Waals surface area contributed by atoms with Gasteiger partial charge < -0.3 is 5.32 Å². The molecule has 3 heteroatoms. The number of hydrogen-bond donors (Lipinski definition) is 1. The third-order valence-corrected chi connectivity index (χ3v) is 4.01. The van der Waals surface area contributed by atoms with Gasteiger partial charge in [-0.2, -0.15) is 0 Å². The Labute approximate surface area is 114 Å². The van der Waals surface area contributed by atoms with Gasteiger partial charge in [0.15, 0.2) is 0 Å². The van der Waals surface area contributed by atoms with E-state index >= 15 is 0 Å². The van der Waals surface area contributed by atoms with E-state index in [4.69, 9.17) is 0 Å². The monoisotopic (exact) mass is 255 g/mol. The van der Waals surface area contributed by atoms with Crippen LogP contribution < -0.4 is 5.32 Å². The van der Waals surface area contributed by atoms with Gasteiger partial charge in [-0.1, -0.05) is 18.2 Å². The number of nitrogens with zero attached hydrogens (tertiary/aromatic N) is 2. The average molecular weight is 255 g/mol. The molecule has 1 aliphatic rings. The molecule has 100 valence electrons. The quantitative estimate of drug-likeness (QED) is 0.913. The molecular formula is C16H21N3. The Kier molecular flexibility index (Phi) is 3.76. The zero-order valence-electron chi connectivity index (χ0n) is 11.5. The van der Waals surface area contributed by atoms with Crippen LogP contribution >= 0.6 is 0 Å². The van der Waals surface area contributed by atoms with E-state index in [0.29, 0.717) is 6.04 Å². The van der Waals surface area contributed by atoms with Gasteiger partial charge in [0.05, 0.1) is 5.52 Å². The van der Waals surface area contributed by atoms with Crippen LogP contribution in [0.4, 0.5) is 0 Å². The van der Waals surface area contributed by atoms with E-state index in [9.17, 15) is 0 Å². The Morgan fingerprint density at radius 2 is 2.05 bits per heavy atom. The molecule has 0 amide bonds. The summed E-state index contributed by atoms with van der Waals surface area (Å²) in [6.07, 6.45) is 4.51. The van der Waals surface area contributed by atoms with E-state index < -0.39 is 0 Å². The van der Waals surface area contributed by atoms with Crippen molar-refractivity contribution in [2.45, 2.75) is 25.4 Å². The van der Waals surface area contributed by atoms with Gasteiger partial charge in [-0.15, -0.1) is 0 Å². The van der Waals surface area contributed by atoms with Crippen molar-refractivity contribution in [2.24, 2.45) is 0 Å². The number of para-hydroxylation sites is 1. The lowest BCUT2D eigenvalue weighted by Gasteiger charge is -2.31. The molecule has 0 saturated carbocycles. The van der Waals surface area contributed by atoms with E-state index in [1.165, 1.54) is 23.8 Å². The smallest absolute Gasteiger partial charge is 0.0702 e. The van der Waals surface area contributed by atoms with Crippen molar-refractivity contribution in [3.8, 4) is 0 Å². The van der Waals surface area contributed by atoms with Crippen molar-refractivity contribution in [3.63, 3.8) is 0 Å². The van der Waals surface area contributed by atoms with Crippen LogP contribution in [0.3, 0.4) is 0 Å². The molecule has 1 aliphatic heterocycles. The SMILES string of the molecule is CN(Cc1cnc2ccccc2c1)C1CCNCC1. The second-order valence-electron chi connectivity index (χ2n) is 5.43. The lowest BCUT2D eigenvalue weighted by molar-refractivity contribution is 0.191. The van der Waals surface area contributed by atoms with Crippen molar-refractivity contribution in [3.05, 3.63) is 42.1 Å². The van der Waals surface area contributed by atoms with Gasteiger partial charge in [0.25, 0.3) is 0 Å². The van der Waals surface area contributed by atoms with Gasteiger partial charge in [0, 0.05) is 24.2 Å². The standard InChI is InChI=1S/C16H21N3/c1-19(15-6-8-17-9-7-15)12-13-10-14-4-2-3-5-16(14)18-11-13/h2-5,10-11,15,17H,6-9,12H2,1H3. The second-order valence-corrected chi connectivity index (χ2v) is 5.43. The molecule has 0 bridgehead atoms. The second kappa shape index (κ2) is 5.68. The average Bonchev–Trinajstić information content (AvgIpc) is 2.48. The maximum absolute atomic E-state index is 4.54. The number of piperidine rings is 1. The van der Waals surface area contributed by atoms with E-state index in [0.717, 1.165) is 25.2 Å².